The number of carbonyl (C=O) groups excluding carboxylic acids is 1. The molecule has 4 aromatic rings. The number of benzene rings is 1. The summed E-state index contributed by atoms with van der Waals surface area (Å²) in [6.07, 6.45) is 3.20. The van der Waals surface area contributed by atoms with Gasteiger partial charge in [-0.1, -0.05) is 36.4 Å². The van der Waals surface area contributed by atoms with Crippen molar-refractivity contribution in [2.45, 2.75) is 13.5 Å². The van der Waals surface area contributed by atoms with Gasteiger partial charge in [-0.15, -0.1) is 0 Å². The first-order chi connectivity index (χ1) is 14.5. The number of anilines is 1. The second-order valence-electron chi connectivity index (χ2n) is 6.93. The van der Waals surface area contributed by atoms with E-state index < -0.39 is 13.0 Å². The molecular formula is C21H20BN5O3. The van der Waals surface area contributed by atoms with Gasteiger partial charge in [-0.2, -0.15) is 0 Å². The third-order valence-electron chi connectivity index (χ3n) is 4.87. The van der Waals surface area contributed by atoms with Gasteiger partial charge in [0, 0.05) is 30.0 Å². The monoisotopic (exact) mass is 401 g/mol. The van der Waals surface area contributed by atoms with Crippen molar-refractivity contribution in [2.75, 3.05) is 5.32 Å². The number of rotatable bonds is 6. The maximum atomic E-state index is 11.8. The molecule has 0 spiro atoms. The maximum absolute atomic E-state index is 11.8. The quantitative estimate of drug-likeness (QED) is 0.359. The molecule has 0 unspecified atom stereocenters. The van der Waals surface area contributed by atoms with Gasteiger partial charge in [-0.05, 0) is 30.2 Å². The van der Waals surface area contributed by atoms with Gasteiger partial charge in [-0.25, -0.2) is 9.97 Å². The number of pyridine rings is 1. The predicted octanol–water partition coefficient (Wildman–Crippen LogP) is 1.10. The lowest BCUT2D eigenvalue weighted by molar-refractivity contribution is 0.0994. The number of nitrogens with one attached hydrogen (secondary N) is 1. The molecule has 0 aliphatic carbocycles. The van der Waals surface area contributed by atoms with E-state index in [-0.39, 0.29) is 5.46 Å². The zero-order valence-electron chi connectivity index (χ0n) is 16.3. The lowest BCUT2D eigenvalue weighted by Gasteiger charge is -2.12. The number of carbonyl (C=O) groups is 1. The minimum Gasteiger partial charge on any atom is -0.423 e. The summed E-state index contributed by atoms with van der Waals surface area (Å²) in [6, 6.07) is 15.0. The van der Waals surface area contributed by atoms with Crippen LogP contribution in [0.25, 0.3) is 16.9 Å². The number of hydrogen-bond donors (Lipinski definition) is 4. The van der Waals surface area contributed by atoms with E-state index in [1.807, 2.05) is 43.3 Å². The molecule has 0 bridgehead atoms. The summed E-state index contributed by atoms with van der Waals surface area (Å²) in [6.45, 7) is 2.35. The summed E-state index contributed by atoms with van der Waals surface area (Å²) >= 11 is 0. The highest BCUT2D eigenvalue weighted by Crippen LogP contribution is 2.28. The standard InChI is InChI=1S/C21H20BN5O3/c1-13-12-27-16(8-5-9-17(27)19(23)28)18(13)21-25-11-15(22(29)30)20(26-21)24-10-14-6-3-2-4-7-14/h2-9,11-12,29-30H,10H2,1H3,(H2,23,28)(H,24,25,26). The number of amides is 1. The SMILES string of the molecule is Cc1cn2c(C(N)=O)cccc2c1-c1ncc(B(O)O)c(NCc2ccccc2)n1. The van der Waals surface area contributed by atoms with Gasteiger partial charge in [0.25, 0.3) is 5.91 Å². The molecule has 0 saturated heterocycles. The van der Waals surface area contributed by atoms with Crippen LogP contribution in [0.2, 0.25) is 0 Å². The summed E-state index contributed by atoms with van der Waals surface area (Å²) in [5, 5.41) is 22.6. The molecule has 0 atom stereocenters. The topological polar surface area (TPSA) is 126 Å². The first kappa shape index (κ1) is 19.6. The number of aryl methyl sites for hydroxylation is 1. The van der Waals surface area contributed by atoms with Gasteiger partial charge in [-0.3, -0.25) is 4.79 Å². The summed E-state index contributed by atoms with van der Waals surface area (Å²) in [4.78, 5) is 20.7. The fraction of sp³-hybridized carbons (Fsp3) is 0.0952. The molecule has 0 aliphatic heterocycles. The van der Waals surface area contributed by atoms with E-state index in [4.69, 9.17) is 5.73 Å². The normalized spacial score (nSPS) is 10.9. The van der Waals surface area contributed by atoms with Gasteiger partial charge in [0.05, 0.1) is 5.52 Å². The summed E-state index contributed by atoms with van der Waals surface area (Å²) in [5.74, 6) is 0.187. The Kier molecular flexibility index (Phi) is 5.22. The van der Waals surface area contributed by atoms with Crippen molar-refractivity contribution in [3.63, 3.8) is 0 Å². The van der Waals surface area contributed by atoms with Crippen LogP contribution in [0, 0.1) is 6.92 Å². The van der Waals surface area contributed by atoms with Crippen LogP contribution in [0.15, 0.2) is 60.9 Å². The van der Waals surface area contributed by atoms with Crippen molar-refractivity contribution < 1.29 is 14.8 Å². The number of nitrogens with two attached hydrogens (primary N) is 1. The highest BCUT2D eigenvalue weighted by Gasteiger charge is 2.22. The number of hydrogen-bond acceptors (Lipinski definition) is 6. The van der Waals surface area contributed by atoms with Crippen LogP contribution < -0.4 is 16.5 Å². The first-order valence-corrected chi connectivity index (χ1v) is 9.37. The molecule has 0 radical (unpaired) electrons. The largest absolute Gasteiger partial charge is 0.493 e. The predicted molar refractivity (Wildman–Crippen MR) is 115 cm³/mol. The van der Waals surface area contributed by atoms with E-state index >= 15 is 0 Å². The molecule has 0 saturated carbocycles. The summed E-state index contributed by atoms with van der Waals surface area (Å²) in [7, 11) is -1.72. The molecule has 8 nitrogen and oxygen atoms in total. The zero-order valence-corrected chi connectivity index (χ0v) is 16.3. The molecule has 30 heavy (non-hydrogen) atoms. The minimum atomic E-state index is -1.72. The van der Waals surface area contributed by atoms with Gasteiger partial charge >= 0.3 is 7.12 Å². The Labute approximate surface area is 173 Å². The lowest BCUT2D eigenvalue weighted by atomic mass is 9.81. The summed E-state index contributed by atoms with van der Waals surface area (Å²) < 4.78 is 1.71. The highest BCUT2D eigenvalue weighted by molar-refractivity contribution is 6.60. The molecule has 5 N–H and O–H groups in total. The van der Waals surface area contributed by atoms with Crippen LogP contribution in [-0.2, 0) is 6.54 Å². The Morgan fingerprint density at radius 2 is 1.93 bits per heavy atom. The molecular weight excluding hydrogens is 381 g/mol. The average molecular weight is 401 g/mol. The van der Waals surface area contributed by atoms with Gasteiger partial charge < -0.3 is 25.5 Å². The molecule has 1 aromatic carbocycles. The van der Waals surface area contributed by atoms with Crippen LogP contribution >= 0.6 is 0 Å². The Morgan fingerprint density at radius 1 is 1.17 bits per heavy atom. The van der Waals surface area contributed by atoms with Crippen LogP contribution in [-0.4, -0.2) is 37.4 Å². The number of fused-ring (bicyclic) bond motifs is 1. The van der Waals surface area contributed by atoms with Crippen molar-refractivity contribution in [3.8, 4) is 11.4 Å². The van der Waals surface area contributed by atoms with Crippen molar-refractivity contribution in [1.82, 2.24) is 14.4 Å². The Bertz CT molecular complexity index is 1220. The maximum Gasteiger partial charge on any atom is 0.493 e. The lowest BCUT2D eigenvalue weighted by Crippen LogP contribution is -2.34. The van der Waals surface area contributed by atoms with Crippen molar-refractivity contribution in [2.24, 2.45) is 5.73 Å². The van der Waals surface area contributed by atoms with Gasteiger partial charge in [0.1, 0.15) is 11.5 Å². The van der Waals surface area contributed by atoms with Gasteiger partial charge in [0.2, 0.25) is 0 Å². The molecule has 4 rings (SSSR count). The molecule has 3 aromatic heterocycles. The van der Waals surface area contributed by atoms with E-state index in [1.54, 1.807) is 22.7 Å². The van der Waals surface area contributed by atoms with Crippen molar-refractivity contribution in [3.05, 3.63) is 77.7 Å². The van der Waals surface area contributed by atoms with E-state index in [2.05, 4.69) is 15.3 Å². The number of aromatic nitrogens is 3. The number of primary amides is 1. The molecule has 3 heterocycles. The van der Waals surface area contributed by atoms with Gasteiger partial charge in [0.15, 0.2) is 5.82 Å². The zero-order chi connectivity index (χ0) is 21.3. The van der Waals surface area contributed by atoms with E-state index in [9.17, 15) is 14.8 Å². The third kappa shape index (κ3) is 3.63. The summed E-state index contributed by atoms with van der Waals surface area (Å²) in [5.41, 5.74) is 9.37. The van der Waals surface area contributed by atoms with E-state index in [0.717, 1.165) is 22.2 Å². The molecule has 1 amide bonds. The smallest absolute Gasteiger partial charge is 0.423 e. The Morgan fingerprint density at radius 3 is 2.63 bits per heavy atom. The van der Waals surface area contributed by atoms with Crippen LogP contribution in [0.4, 0.5) is 5.82 Å². The molecule has 150 valence electrons. The molecule has 0 fully saturated rings. The molecule has 9 heteroatoms. The first-order valence-electron chi connectivity index (χ1n) is 9.37. The number of nitrogens with zero attached hydrogens (tertiary/aromatic N) is 3. The molecule has 0 aliphatic rings. The fourth-order valence-electron chi connectivity index (χ4n) is 3.44. The van der Waals surface area contributed by atoms with Crippen molar-refractivity contribution >= 4 is 29.8 Å². The van der Waals surface area contributed by atoms with E-state index in [0.29, 0.717) is 23.9 Å². The van der Waals surface area contributed by atoms with E-state index in [1.165, 1.54) is 6.20 Å². The van der Waals surface area contributed by atoms with Crippen LogP contribution in [0.3, 0.4) is 0 Å². The van der Waals surface area contributed by atoms with Crippen LogP contribution in [0.5, 0.6) is 0 Å². The second kappa shape index (κ2) is 7.98. The Balaban J connectivity index is 1.79. The Hall–Kier alpha value is -3.69. The highest BCUT2D eigenvalue weighted by atomic mass is 16.4. The average Bonchev–Trinajstić information content (AvgIpc) is 3.08. The second-order valence-corrected chi connectivity index (χ2v) is 6.93. The fourth-order valence-corrected chi connectivity index (χ4v) is 3.44. The minimum absolute atomic E-state index is 0.175. The van der Waals surface area contributed by atoms with Crippen molar-refractivity contribution in [1.29, 1.82) is 0 Å². The third-order valence-corrected chi connectivity index (χ3v) is 4.87. The van der Waals surface area contributed by atoms with Crippen LogP contribution in [0.1, 0.15) is 21.6 Å².